The Kier molecular flexibility index (Phi) is 4.33. The van der Waals surface area contributed by atoms with Crippen LogP contribution in [0.25, 0.3) is 0 Å². The number of nitrogens with one attached hydrogen (secondary N) is 1. The first-order valence-corrected chi connectivity index (χ1v) is 7.94. The predicted molar refractivity (Wildman–Crippen MR) is 90.0 cm³/mol. The molecule has 4 heteroatoms. The van der Waals surface area contributed by atoms with Crippen LogP contribution in [0.2, 0.25) is 0 Å². The smallest absolute Gasteiger partial charge is 0.317 e. The van der Waals surface area contributed by atoms with E-state index in [9.17, 15) is 9.18 Å². The molecule has 2 amide bonds. The Labute approximate surface area is 136 Å². The molecule has 2 aromatic rings. The summed E-state index contributed by atoms with van der Waals surface area (Å²) in [7, 11) is 0. The zero-order valence-corrected chi connectivity index (χ0v) is 13.5. The minimum Gasteiger partial charge on any atom is -0.317 e. The first kappa shape index (κ1) is 15.5. The lowest BCUT2D eigenvalue weighted by molar-refractivity contribution is 0.207. The van der Waals surface area contributed by atoms with Crippen LogP contribution < -0.4 is 5.32 Å². The molecule has 2 aromatic carbocycles. The molecule has 1 fully saturated rings. The zero-order chi connectivity index (χ0) is 16.4. The molecular formula is C19H21FN2O. The van der Waals surface area contributed by atoms with Gasteiger partial charge in [0.05, 0.1) is 6.04 Å². The maximum Gasteiger partial charge on any atom is 0.322 e. The van der Waals surface area contributed by atoms with Crippen molar-refractivity contribution in [1.82, 2.24) is 4.90 Å². The zero-order valence-electron chi connectivity index (χ0n) is 13.5. The predicted octanol–water partition coefficient (Wildman–Crippen LogP) is 4.81. The van der Waals surface area contributed by atoms with E-state index in [1.165, 1.54) is 12.1 Å². The topological polar surface area (TPSA) is 32.3 Å². The van der Waals surface area contributed by atoms with Crippen molar-refractivity contribution in [3.8, 4) is 0 Å². The number of anilines is 1. The average molecular weight is 312 g/mol. The van der Waals surface area contributed by atoms with Crippen LogP contribution in [0.4, 0.5) is 14.9 Å². The first-order valence-electron chi connectivity index (χ1n) is 7.94. The van der Waals surface area contributed by atoms with Gasteiger partial charge < -0.3 is 10.2 Å². The molecule has 23 heavy (non-hydrogen) atoms. The largest absolute Gasteiger partial charge is 0.322 e. The number of amides is 2. The highest BCUT2D eigenvalue weighted by Crippen LogP contribution is 2.32. The summed E-state index contributed by atoms with van der Waals surface area (Å²) in [6.07, 6.45) is 1.80. The lowest BCUT2D eigenvalue weighted by Gasteiger charge is -2.25. The Morgan fingerprint density at radius 2 is 1.91 bits per heavy atom. The van der Waals surface area contributed by atoms with Crippen LogP contribution in [0.1, 0.15) is 35.6 Å². The minimum atomic E-state index is -0.260. The van der Waals surface area contributed by atoms with Crippen molar-refractivity contribution in [3.63, 3.8) is 0 Å². The van der Waals surface area contributed by atoms with Gasteiger partial charge in [0, 0.05) is 12.2 Å². The molecule has 0 radical (unpaired) electrons. The second kappa shape index (κ2) is 6.41. The number of hydrogen-bond donors (Lipinski definition) is 1. The fourth-order valence-electron chi connectivity index (χ4n) is 3.31. The lowest BCUT2D eigenvalue weighted by atomic mass is 10.0. The highest BCUT2D eigenvalue weighted by Gasteiger charge is 2.30. The van der Waals surface area contributed by atoms with E-state index in [0.29, 0.717) is 6.54 Å². The SMILES string of the molecule is Cc1cc(C)cc(NC(=O)N2CCC[C@H]2c2cccc(F)c2)c1. The summed E-state index contributed by atoms with van der Waals surface area (Å²) >= 11 is 0. The summed E-state index contributed by atoms with van der Waals surface area (Å²) in [6.45, 7) is 4.71. The summed E-state index contributed by atoms with van der Waals surface area (Å²) in [6, 6.07) is 12.3. The van der Waals surface area contributed by atoms with Gasteiger partial charge in [-0.1, -0.05) is 18.2 Å². The van der Waals surface area contributed by atoms with Gasteiger partial charge in [-0.05, 0) is 67.6 Å². The quantitative estimate of drug-likeness (QED) is 0.848. The van der Waals surface area contributed by atoms with Crippen LogP contribution >= 0.6 is 0 Å². The summed E-state index contributed by atoms with van der Waals surface area (Å²) in [5, 5.41) is 2.97. The Balaban J connectivity index is 1.78. The molecule has 1 heterocycles. The average Bonchev–Trinajstić information content (AvgIpc) is 2.95. The van der Waals surface area contributed by atoms with E-state index in [-0.39, 0.29) is 17.9 Å². The number of urea groups is 1. The third-order valence-electron chi connectivity index (χ3n) is 4.22. The number of halogens is 1. The van der Waals surface area contributed by atoms with Crippen LogP contribution in [0.3, 0.4) is 0 Å². The molecule has 0 unspecified atom stereocenters. The molecular weight excluding hydrogens is 291 g/mol. The van der Waals surface area contributed by atoms with Gasteiger partial charge in [-0.3, -0.25) is 0 Å². The molecule has 3 rings (SSSR count). The van der Waals surface area contributed by atoms with Crippen molar-refractivity contribution >= 4 is 11.7 Å². The highest BCUT2D eigenvalue weighted by atomic mass is 19.1. The number of hydrogen-bond acceptors (Lipinski definition) is 1. The molecule has 3 nitrogen and oxygen atoms in total. The molecule has 0 aliphatic carbocycles. The van der Waals surface area contributed by atoms with E-state index in [2.05, 4.69) is 11.4 Å². The standard InChI is InChI=1S/C19H21FN2O/c1-13-9-14(2)11-17(10-13)21-19(23)22-8-4-7-18(22)15-5-3-6-16(20)12-15/h3,5-6,9-12,18H,4,7-8H2,1-2H3,(H,21,23)/t18-/m0/s1. The van der Waals surface area contributed by atoms with E-state index in [4.69, 9.17) is 0 Å². The van der Waals surface area contributed by atoms with Gasteiger partial charge in [0.25, 0.3) is 0 Å². The molecule has 0 saturated carbocycles. The van der Waals surface area contributed by atoms with Gasteiger partial charge in [0.15, 0.2) is 0 Å². The molecule has 0 bridgehead atoms. The van der Waals surface area contributed by atoms with Gasteiger partial charge >= 0.3 is 6.03 Å². The Morgan fingerprint density at radius 3 is 2.61 bits per heavy atom. The number of likely N-dealkylation sites (tertiary alicyclic amines) is 1. The van der Waals surface area contributed by atoms with E-state index in [1.54, 1.807) is 11.0 Å². The number of nitrogens with zero attached hydrogens (tertiary/aromatic N) is 1. The molecule has 1 aliphatic rings. The molecule has 0 aromatic heterocycles. The molecule has 120 valence electrons. The Morgan fingerprint density at radius 1 is 1.17 bits per heavy atom. The second-order valence-corrected chi connectivity index (χ2v) is 6.21. The Hall–Kier alpha value is -2.36. The highest BCUT2D eigenvalue weighted by molar-refractivity contribution is 5.90. The van der Waals surface area contributed by atoms with Crippen LogP contribution in [0.15, 0.2) is 42.5 Å². The third-order valence-corrected chi connectivity index (χ3v) is 4.22. The molecule has 1 aliphatic heterocycles. The summed E-state index contributed by atoms with van der Waals surface area (Å²) in [5.74, 6) is -0.260. The van der Waals surface area contributed by atoms with Crippen molar-refractivity contribution in [2.24, 2.45) is 0 Å². The minimum absolute atomic E-state index is 0.0587. The number of aryl methyl sites for hydroxylation is 2. The van der Waals surface area contributed by atoms with Crippen LogP contribution in [-0.2, 0) is 0 Å². The molecule has 1 N–H and O–H groups in total. The second-order valence-electron chi connectivity index (χ2n) is 6.21. The fourth-order valence-corrected chi connectivity index (χ4v) is 3.31. The molecule has 1 atom stereocenters. The third kappa shape index (κ3) is 3.52. The van der Waals surface area contributed by atoms with Gasteiger partial charge in [-0.15, -0.1) is 0 Å². The van der Waals surface area contributed by atoms with Gasteiger partial charge in [-0.2, -0.15) is 0 Å². The molecule has 1 saturated heterocycles. The monoisotopic (exact) mass is 312 g/mol. The number of benzene rings is 2. The van der Waals surface area contributed by atoms with E-state index < -0.39 is 0 Å². The lowest BCUT2D eigenvalue weighted by Crippen LogP contribution is -2.34. The van der Waals surface area contributed by atoms with Crippen LogP contribution in [-0.4, -0.2) is 17.5 Å². The van der Waals surface area contributed by atoms with Crippen molar-refractivity contribution in [2.45, 2.75) is 32.7 Å². The van der Waals surface area contributed by atoms with E-state index >= 15 is 0 Å². The number of carbonyl (C=O) groups excluding carboxylic acids is 1. The van der Waals surface area contributed by atoms with Crippen molar-refractivity contribution in [2.75, 3.05) is 11.9 Å². The number of rotatable bonds is 2. The normalized spacial score (nSPS) is 17.3. The maximum absolute atomic E-state index is 13.5. The van der Waals surface area contributed by atoms with E-state index in [0.717, 1.165) is 35.2 Å². The van der Waals surface area contributed by atoms with Crippen molar-refractivity contribution in [3.05, 3.63) is 65.0 Å². The van der Waals surface area contributed by atoms with Gasteiger partial charge in [0.1, 0.15) is 5.82 Å². The summed E-state index contributed by atoms with van der Waals surface area (Å²) in [5.41, 5.74) is 3.89. The fraction of sp³-hybridized carbons (Fsp3) is 0.316. The summed E-state index contributed by atoms with van der Waals surface area (Å²) < 4.78 is 13.5. The van der Waals surface area contributed by atoms with Crippen molar-refractivity contribution in [1.29, 1.82) is 0 Å². The summed E-state index contributed by atoms with van der Waals surface area (Å²) in [4.78, 5) is 14.4. The first-order chi connectivity index (χ1) is 11.0. The number of carbonyl (C=O) groups is 1. The van der Waals surface area contributed by atoms with Crippen LogP contribution in [0, 0.1) is 19.7 Å². The van der Waals surface area contributed by atoms with Gasteiger partial charge in [-0.25, -0.2) is 9.18 Å². The van der Waals surface area contributed by atoms with Gasteiger partial charge in [0.2, 0.25) is 0 Å². The van der Waals surface area contributed by atoms with Crippen LogP contribution in [0.5, 0.6) is 0 Å². The van der Waals surface area contributed by atoms with Crippen molar-refractivity contribution < 1.29 is 9.18 Å². The molecule has 0 spiro atoms. The maximum atomic E-state index is 13.5. The van der Waals surface area contributed by atoms with E-state index in [1.807, 2.05) is 32.0 Å². The Bertz CT molecular complexity index is 709.